The fraction of sp³-hybridized carbons (Fsp3) is 0.0800. The van der Waals surface area contributed by atoms with Gasteiger partial charge in [-0.2, -0.15) is 8.78 Å². The normalized spacial score (nSPS) is 14.8. The maximum atomic E-state index is 12.8. The number of nitrogens with one attached hydrogen (secondary N) is 1. The van der Waals surface area contributed by atoms with Gasteiger partial charge < -0.3 is 10.1 Å². The zero-order valence-electron chi connectivity index (χ0n) is 17.2. The Balaban J connectivity index is 1.49. The van der Waals surface area contributed by atoms with E-state index in [1.807, 2.05) is 0 Å². The quantitative estimate of drug-likeness (QED) is 0.431. The van der Waals surface area contributed by atoms with Gasteiger partial charge in [-0.25, -0.2) is 4.90 Å². The molecule has 6 nitrogen and oxygen atoms in total. The molecule has 1 N–H and O–H groups in total. The van der Waals surface area contributed by atoms with Gasteiger partial charge in [0.1, 0.15) is 5.75 Å². The summed E-state index contributed by atoms with van der Waals surface area (Å²) in [5.41, 5.74) is 2.16. The fourth-order valence-corrected chi connectivity index (χ4v) is 3.42. The van der Waals surface area contributed by atoms with Gasteiger partial charge in [-0.05, 0) is 60.2 Å². The molecule has 1 aliphatic rings. The van der Waals surface area contributed by atoms with E-state index in [2.05, 4.69) is 10.1 Å². The standard InChI is InChI=1S/C25H18F2N2O4/c26-25(27)33-21-11-9-19(10-12-21)28-23(31)17-6-4-5-16(13-17)14-18-15-22(30)29(24(18)32)20-7-2-1-3-8-20/h1-14,25H,15H2,(H,28,31)/b18-14+. The van der Waals surface area contributed by atoms with Crippen LogP contribution in [0, 0.1) is 0 Å². The number of amides is 3. The molecule has 0 atom stereocenters. The summed E-state index contributed by atoms with van der Waals surface area (Å²) in [7, 11) is 0. The van der Waals surface area contributed by atoms with Gasteiger partial charge in [0.25, 0.3) is 11.8 Å². The number of ether oxygens (including phenoxy) is 1. The largest absolute Gasteiger partial charge is 0.435 e. The number of anilines is 2. The molecular weight excluding hydrogens is 430 g/mol. The summed E-state index contributed by atoms with van der Waals surface area (Å²) in [5, 5.41) is 2.67. The Morgan fingerprint density at radius 1 is 0.970 bits per heavy atom. The molecule has 3 amide bonds. The predicted octanol–water partition coefficient (Wildman–Crippen LogP) is 4.89. The molecule has 0 unspecified atom stereocenters. The summed E-state index contributed by atoms with van der Waals surface area (Å²) in [4.78, 5) is 38.9. The number of alkyl halides is 2. The minimum atomic E-state index is -2.93. The predicted molar refractivity (Wildman–Crippen MR) is 119 cm³/mol. The summed E-state index contributed by atoms with van der Waals surface area (Å²) in [5.74, 6) is -1.15. The fourth-order valence-electron chi connectivity index (χ4n) is 3.42. The van der Waals surface area contributed by atoms with Gasteiger partial charge in [0.05, 0.1) is 12.1 Å². The van der Waals surface area contributed by atoms with Gasteiger partial charge in [-0.15, -0.1) is 0 Å². The van der Waals surface area contributed by atoms with Crippen LogP contribution in [0.1, 0.15) is 22.3 Å². The van der Waals surface area contributed by atoms with Gasteiger partial charge in [0, 0.05) is 16.8 Å². The molecular formula is C25H18F2N2O4. The molecule has 0 spiro atoms. The Kier molecular flexibility index (Phi) is 6.26. The molecule has 1 fully saturated rings. The third-order valence-electron chi connectivity index (χ3n) is 4.91. The van der Waals surface area contributed by atoms with Crippen molar-refractivity contribution >= 4 is 35.2 Å². The number of imide groups is 1. The van der Waals surface area contributed by atoms with E-state index in [9.17, 15) is 23.2 Å². The molecule has 8 heteroatoms. The number of hydrogen-bond donors (Lipinski definition) is 1. The Morgan fingerprint density at radius 3 is 2.39 bits per heavy atom. The first-order chi connectivity index (χ1) is 15.9. The highest BCUT2D eigenvalue weighted by Gasteiger charge is 2.34. The summed E-state index contributed by atoms with van der Waals surface area (Å²) < 4.78 is 28.8. The van der Waals surface area contributed by atoms with E-state index >= 15 is 0 Å². The van der Waals surface area contributed by atoms with Crippen LogP contribution in [0.4, 0.5) is 20.2 Å². The Labute approximate surface area is 188 Å². The lowest BCUT2D eigenvalue weighted by Crippen LogP contribution is -2.28. The van der Waals surface area contributed by atoms with Crippen molar-refractivity contribution in [2.45, 2.75) is 13.0 Å². The average Bonchev–Trinajstić information content (AvgIpc) is 3.08. The molecule has 4 rings (SSSR count). The van der Waals surface area contributed by atoms with Crippen LogP contribution in [0.5, 0.6) is 5.75 Å². The van der Waals surface area contributed by atoms with E-state index < -0.39 is 18.4 Å². The minimum absolute atomic E-state index is 0.0167. The van der Waals surface area contributed by atoms with Crippen molar-refractivity contribution in [3.8, 4) is 5.75 Å². The second-order valence-electron chi connectivity index (χ2n) is 7.20. The zero-order valence-corrected chi connectivity index (χ0v) is 17.2. The molecule has 3 aromatic carbocycles. The number of carbonyl (C=O) groups excluding carboxylic acids is 3. The lowest BCUT2D eigenvalue weighted by atomic mass is 10.1. The van der Waals surface area contributed by atoms with Crippen LogP contribution >= 0.6 is 0 Å². The van der Waals surface area contributed by atoms with Crippen molar-refractivity contribution in [2.24, 2.45) is 0 Å². The molecule has 0 saturated carbocycles. The van der Waals surface area contributed by atoms with Crippen molar-refractivity contribution in [3.63, 3.8) is 0 Å². The van der Waals surface area contributed by atoms with E-state index in [4.69, 9.17) is 0 Å². The van der Waals surface area contributed by atoms with E-state index in [0.717, 1.165) is 4.90 Å². The van der Waals surface area contributed by atoms with Crippen LogP contribution in [0.15, 0.2) is 84.4 Å². The third-order valence-corrected chi connectivity index (χ3v) is 4.91. The first-order valence-corrected chi connectivity index (χ1v) is 10.00. The van der Waals surface area contributed by atoms with E-state index in [1.165, 1.54) is 24.3 Å². The Bertz CT molecular complexity index is 1220. The van der Waals surface area contributed by atoms with Crippen molar-refractivity contribution in [1.29, 1.82) is 0 Å². The van der Waals surface area contributed by atoms with Crippen LogP contribution < -0.4 is 15.0 Å². The van der Waals surface area contributed by atoms with Crippen LogP contribution in [-0.4, -0.2) is 24.3 Å². The summed E-state index contributed by atoms with van der Waals surface area (Å²) in [6.07, 6.45) is 1.56. The van der Waals surface area contributed by atoms with E-state index in [0.29, 0.717) is 28.1 Å². The maximum Gasteiger partial charge on any atom is 0.387 e. The Morgan fingerprint density at radius 2 is 1.70 bits per heavy atom. The number of rotatable bonds is 6. The lowest BCUT2D eigenvalue weighted by Gasteiger charge is -2.12. The molecule has 0 radical (unpaired) electrons. The average molecular weight is 448 g/mol. The van der Waals surface area contributed by atoms with Crippen LogP contribution in [0.3, 0.4) is 0 Å². The molecule has 0 bridgehead atoms. The third kappa shape index (κ3) is 5.12. The van der Waals surface area contributed by atoms with Gasteiger partial charge >= 0.3 is 6.61 Å². The first kappa shape index (κ1) is 21.9. The smallest absolute Gasteiger partial charge is 0.387 e. The first-order valence-electron chi connectivity index (χ1n) is 10.00. The SMILES string of the molecule is O=C(Nc1ccc(OC(F)F)cc1)c1cccc(/C=C2\CC(=O)N(c3ccccc3)C2=O)c1. The molecule has 1 saturated heterocycles. The molecule has 33 heavy (non-hydrogen) atoms. The maximum absolute atomic E-state index is 12.8. The Hall–Kier alpha value is -4.33. The lowest BCUT2D eigenvalue weighted by molar-refractivity contribution is -0.120. The van der Waals surface area contributed by atoms with E-state index in [1.54, 1.807) is 60.7 Å². The number of para-hydroxylation sites is 1. The minimum Gasteiger partial charge on any atom is -0.435 e. The van der Waals surface area contributed by atoms with Crippen LogP contribution in [-0.2, 0) is 9.59 Å². The second-order valence-corrected chi connectivity index (χ2v) is 7.20. The van der Waals surface area contributed by atoms with Crippen LogP contribution in [0.2, 0.25) is 0 Å². The molecule has 0 aliphatic carbocycles. The molecule has 1 heterocycles. The number of hydrogen-bond acceptors (Lipinski definition) is 4. The number of halogens is 2. The molecule has 3 aromatic rings. The van der Waals surface area contributed by atoms with Gasteiger partial charge in [-0.1, -0.05) is 30.3 Å². The molecule has 0 aromatic heterocycles. The number of benzene rings is 3. The number of carbonyl (C=O) groups is 3. The van der Waals surface area contributed by atoms with E-state index in [-0.39, 0.29) is 18.1 Å². The van der Waals surface area contributed by atoms with Crippen molar-refractivity contribution in [2.75, 3.05) is 10.2 Å². The van der Waals surface area contributed by atoms with Gasteiger partial charge in [-0.3, -0.25) is 14.4 Å². The zero-order chi connectivity index (χ0) is 23.4. The summed E-state index contributed by atoms with van der Waals surface area (Å²) in [6.45, 7) is -2.93. The molecule has 166 valence electrons. The highest BCUT2D eigenvalue weighted by Crippen LogP contribution is 2.27. The summed E-state index contributed by atoms with van der Waals surface area (Å²) >= 11 is 0. The van der Waals surface area contributed by atoms with Gasteiger partial charge in [0.15, 0.2) is 0 Å². The second kappa shape index (κ2) is 9.44. The topological polar surface area (TPSA) is 75.7 Å². The van der Waals surface area contributed by atoms with Crippen molar-refractivity contribution in [1.82, 2.24) is 0 Å². The van der Waals surface area contributed by atoms with Crippen LogP contribution in [0.25, 0.3) is 6.08 Å². The number of nitrogens with zero attached hydrogens (tertiary/aromatic N) is 1. The van der Waals surface area contributed by atoms with Gasteiger partial charge in [0.2, 0.25) is 5.91 Å². The molecule has 1 aliphatic heterocycles. The van der Waals surface area contributed by atoms with Crippen molar-refractivity contribution in [3.05, 3.63) is 95.6 Å². The highest BCUT2D eigenvalue weighted by molar-refractivity contribution is 6.29. The highest BCUT2D eigenvalue weighted by atomic mass is 19.3. The summed E-state index contributed by atoms with van der Waals surface area (Å²) in [6, 6.07) is 20.8. The van der Waals surface area contributed by atoms with Crippen molar-refractivity contribution < 1.29 is 27.9 Å². The monoisotopic (exact) mass is 448 g/mol.